The predicted molar refractivity (Wildman–Crippen MR) is 116 cm³/mol. The van der Waals surface area contributed by atoms with Crippen LogP contribution in [0.5, 0.6) is 0 Å². The highest BCUT2D eigenvalue weighted by Crippen LogP contribution is 2.58. The molecule has 0 aromatic rings. The fraction of sp³-hybridized carbons (Fsp3) is 1.00. The molecule has 4 unspecified atom stereocenters. The summed E-state index contributed by atoms with van der Waals surface area (Å²) in [5.41, 5.74) is 6.60. The number of nitrogens with two attached hydrogens (primary N) is 1. The van der Waals surface area contributed by atoms with Crippen molar-refractivity contribution in [3.8, 4) is 0 Å². The van der Waals surface area contributed by atoms with E-state index >= 15 is 0 Å². The van der Waals surface area contributed by atoms with Gasteiger partial charge in [0.1, 0.15) is 0 Å². The van der Waals surface area contributed by atoms with Gasteiger partial charge in [-0.25, -0.2) is 0 Å². The molecule has 1 aliphatic heterocycles. The highest BCUT2D eigenvalue weighted by Gasteiger charge is 2.60. The van der Waals surface area contributed by atoms with Crippen LogP contribution in [0.25, 0.3) is 0 Å². The molecule has 2 fully saturated rings. The molecule has 0 amide bonds. The molecule has 4 atom stereocenters. The summed E-state index contributed by atoms with van der Waals surface area (Å²) in [6.07, 6.45) is 19.5. The summed E-state index contributed by atoms with van der Waals surface area (Å²) in [6, 6.07) is 1.56. The second kappa shape index (κ2) is 11.1. The summed E-state index contributed by atoms with van der Waals surface area (Å²) < 4.78 is 0. The van der Waals surface area contributed by atoms with E-state index in [1.54, 1.807) is 0 Å². The van der Waals surface area contributed by atoms with Crippen LogP contribution in [0.3, 0.4) is 0 Å². The average molecular weight is 365 g/mol. The SMILES string of the molecule is CCCCCC(CCN)N1C(C(CCCC)CCCC)CCC2CC21C. The highest BCUT2D eigenvalue weighted by atomic mass is 15.3. The van der Waals surface area contributed by atoms with Crippen molar-refractivity contribution >= 4 is 0 Å². The average Bonchev–Trinajstić information content (AvgIpc) is 3.32. The monoisotopic (exact) mass is 364 g/mol. The van der Waals surface area contributed by atoms with Crippen LogP contribution in [-0.2, 0) is 0 Å². The third kappa shape index (κ3) is 5.47. The van der Waals surface area contributed by atoms with E-state index in [0.29, 0.717) is 5.54 Å². The third-order valence-corrected chi connectivity index (χ3v) is 7.57. The van der Waals surface area contributed by atoms with Crippen LogP contribution in [0.1, 0.15) is 118 Å². The van der Waals surface area contributed by atoms with Crippen LogP contribution >= 0.6 is 0 Å². The zero-order valence-corrected chi connectivity index (χ0v) is 18.4. The van der Waals surface area contributed by atoms with Gasteiger partial charge in [-0.15, -0.1) is 0 Å². The molecule has 1 saturated carbocycles. The van der Waals surface area contributed by atoms with Gasteiger partial charge >= 0.3 is 0 Å². The Morgan fingerprint density at radius 2 is 1.54 bits per heavy atom. The Bertz CT molecular complexity index is 374. The predicted octanol–water partition coefficient (Wildman–Crippen LogP) is 6.52. The number of likely N-dealkylation sites (tertiary alicyclic amines) is 1. The molecule has 1 aliphatic carbocycles. The Kier molecular flexibility index (Phi) is 9.44. The molecule has 2 nitrogen and oxygen atoms in total. The number of piperidine rings is 1. The van der Waals surface area contributed by atoms with E-state index in [2.05, 4.69) is 32.6 Å². The quantitative estimate of drug-likeness (QED) is 0.355. The van der Waals surface area contributed by atoms with Gasteiger partial charge in [0, 0.05) is 17.6 Å². The van der Waals surface area contributed by atoms with E-state index in [1.807, 2.05) is 0 Å². The van der Waals surface area contributed by atoms with Gasteiger partial charge in [-0.3, -0.25) is 4.90 Å². The van der Waals surface area contributed by atoms with Crippen molar-refractivity contribution in [1.29, 1.82) is 0 Å². The molecule has 0 aromatic carbocycles. The number of rotatable bonds is 14. The van der Waals surface area contributed by atoms with E-state index in [-0.39, 0.29) is 0 Å². The molecule has 26 heavy (non-hydrogen) atoms. The van der Waals surface area contributed by atoms with Gasteiger partial charge in [-0.2, -0.15) is 0 Å². The molecule has 0 spiro atoms. The molecule has 2 heteroatoms. The molecule has 0 aromatic heterocycles. The Balaban J connectivity index is 2.16. The molecule has 1 saturated heterocycles. The summed E-state index contributed by atoms with van der Waals surface area (Å²) in [5.74, 6) is 1.89. The zero-order valence-electron chi connectivity index (χ0n) is 18.4. The first-order chi connectivity index (χ1) is 12.6. The van der Waals surface area contributed by atoms with Gasteiger partial charge < -0.3 is 5.73 Å². The van der Waals surface area contributed by atoms with E-state index in [9.17, 15) is 0 Å². The standard InChI is InChI=1S/C24H48N2/c1-5-8-11-14-22(17-18-25)26-23(16-15-21-19-24(21,26)4)20(12-9-6-2)13-10-7-3/h20-23H,5-19,25H2,1-4H3. The van der Waals surface area contributed by atoms with Gasteiger partial charge in [0.25, 0.3) is 0 Å². The van der Waals surface area contributed by atoms with Crippen LogP contribution in [0.15, 0.2) is 0 Å². The number of nitrogens with zero attached hydrogens (tertiary/aromatic N) is 1. The van der Waals surface area contributed by atoms with Crippen LogP contribution < -0.4 is 5.73 Å². The van der Waals surface area contributed by atoms with Crippen molar-refractivity contribution in [2.24, 2.45) is 17.6 Å². The maximum Gasteiger partial charge on any atom is 0.0219 e. The second-order valence-electron chi connectivity index (χ2n) is 9.58. The van der Waals surface area contributed by atoms with Crippen LogP contribution in [0.2, 0.25) is 0 Å². The number of fused-ring (bicyclic) bond motifs is 1. The largest absolute Gasteiger partial charge is 0.330 e. The minimum Gasteiger partial charge on any atom is -0.330 e. The Morgan fingerprint density at radius 1 is 0.885 bits per heavy atom. The lowest BCUT2D eigenvalue weighted by molar-refractivity contribution is -0.00819. The fourth-order valence-corrected chi connectivity index (χ4v) is 5.92. The smallest absolute Gasteiger partial charge is 0.0219 e. The molecule has 0 radical (unpaired) electrons. The first-order valence-corrected chi connectivity index (χ1v) is 12.1. The summed E-state index contributed by atoms with van der Waals surface area (Å²) >= 11 is 0. The van der Waals surface area contributed by atoms with Gasteiger partial charge in [0.05, 0.1) is 0 Å². The Labute approximate surface area is 164 Å². The lowest BCUT2D eigenvalue weighted by atomic mass is 9.80. The summed E-state index contributed by atoms with van der Waals surface area (Å²) in [4.78, 5) is 3.07. The second-order valence-corrected chi connectivity index (χ2v) is 9.58. The zero-order chi connectivity index (χ0) is 19.0. The molecule has 2 N–H and O–H groups in total. The van der Waals surface area contributed by atoms with Crippen molar-refractivity contribution in [3.63, 3.8) is 0 Å². The van der Waals surface area contributed by atoms with Crippen molar-refractivity contribution in [2.45, 2.75) is 135 Å². The third-order valence-electron chi connectivity index (χ3n) is 7.57. The maximum absolute atomic E-state index is 6.10. The minimum absolute atomic E-state index is 0.506. The molecule has 154 valence electrons. The Hall–Kier alpha value is -0.0800. The van der Waals surface area contributed by atoms with Crippen LogP contribution in [0, 0.1) is 11.8 Å². The van der Waals surface area contributed by atoms with Gasteiger partial charge in [-0.1, -0.05) is 65.7 Å². The fourth-order valence-electron chi connectivity index (χ4n) is 5.92. The van der Waals surface area contributed by atoms with Crippen LogP contribution in [-0.4, -0.2) is 29.1 Å². The topological polar surface area (TPSA) is 29.3 Å². The van der Waals surface area contributed by atoms with Crippen LogP contribution in [0.4, 0.5) is 0 Å². The van der Waals surface area contributed by atoms with Crippen molar-refractivity contribution in [3.05, 3.63) is 0 Å². The van der Waals surface area contributed by atoms with E-state index in [1.165, 1.54) is 89.9 Å². The number of unbranched alkanes of at least 4 members (excludes halogenated alkanes) is 4. The number of hydrogen-bond acceptors (Lipinski definition) is 2. The summed E-state index contributed by atoms with van der Waals surface area (Å²) in [6.45, 7) is 10.5. The Morgan fingerprint density at radius 3 is 2.12 bits per heavy atom. The lowest BCUT2D eigenvalue weighted by Crippen LogP contribution is -2.56. The maximum atomic E-state index is 6.10. The normalized spacial score (nSPS) is 29.8. The van der Waals surface area contributed by atoms with E-state index < -0.39 is 0 Å². The van der Waals surface area contributed by atoms with E-state index in [4.69, 9.17) is 5.73 Å². The first-order valence-electron chi connectivity index (χ1n) is 12.1. The van der Waals surface area contributed by atoms with Gasteiger partial charge in [-0.05, 0) is 70.3 Å². The molecule has 0 bridgehead atoms. The number of hydrogen-bond donors (Lipinski definition) is 1. The highest BCUT2D eigenvalue weighted by molar-refractivity contribution is 5.15. The summed E-state index contributed by atoms with van der Waals surface area (Å²) in [7, 11) is 0. The van der Waals surface area contributed by atoms with Crippen molar-refractivity contribution in [2.75, 3.05) is 6.54 Å². The molecule has 2 aliphatic rings. The molecule has 2 rings (SSSR count). The molecule has 1 heterocycles. The lowest BCUT2D eigenvalue weighted by Gasteiger charge is -2.49. The molecular formula is C24H48N2. The van der Waals surface area contributed by atoms with Gasteiger partial charge in [0.2, 0.25) is 0 Å². The summed E-state index contributed by atoms with van der Waals surface area (Å²) in [5, 5.41) is 0. The van der Waals surface area contributed by atoms with Crippen molar-refractivity contribution < 1.29 is 0 Å². The molecular weight excluding hydrogens is 316 g/mol. The minimum atomic E-state index is 0.506. The first kappa shape index (κ1) is 22.2. The van der Waals surface area contributed by atoms with E-state index in [0.717, 1.165) is 30.5 Å². The van der Waals surface area contributed by atoms with Gasteiger partial charge in [0.15, 0.2) is 0 Å². The van der Waals surface area contributed by atoms with Crippen molar-refractivity contribution in [1.82, 2.24) is 4.90 Å².